The van der Waals surface area contributed by atoms with E-state index in [-0.39, 0.29) is 6.04 Å². The monoisotopic (exact) mass is 267 g/mol. The van der Waals surface area contributed by atoms with E-state index in [1.807, 2.05) is 0 Å². The van der Waals surface area contributed by atoms with Crippen molar-refractivity contribution in [3.05, 3.63) is 0 Å². The number of piperidine rings is 1. The summed E-state index contributed by atoms with van der Waals surface area (Å²) >= 11 is 0. The minimum absolute atomic E-state index is 0.243. The lowest BCUT2D eigenvalue weighted by Gasteiger charge is -2.39. The topological polar surface area (TPSA) is 49.6 Å². The summed E-state index contributed by atoms with van der Waals surface area (Å²) in [5.74, 6) is 0.869. The van der Waals surface area contributed by atoms with Crippen molar-refractivity contribution in [1.82, 2.24) is 9.80 Å². The number of nitrogens with two attached hydrogens (primary N) is 1. The molecular weight excluding hydrogens is 238 g/mol. The minimum atomic E-state index is 0.243. The summed E-state index contributed by atoms with van der Waals surface area (Å²) in [6.45, 7) is 9.03. The zero-order chi connectivity index (χ0) is 14.0. The molecule has 4 nitrogen and oxygen atoms in total. The molecule has 0 saturated carbocycles. The quantitative estimate of drug-likeness (QED) is 0.842. The van der Waals surface area contributed by atoms with Crippen molar-refractivity contribution in [1.29, 1.82) is 0 Å². The third kappa shape index (κ3) is 3.48. The van der Waals surface area contributed by atoms with Gasteiger partial charge in [0.1, 0.15) is 0 Å². The van der Waals surface area contributed by atoms with E-state index in [9.17, 15) is 4.79 Å². The first-order chi connectivity index (χ1) is 8.99. The van der Waals surface area contributed by atoms with Crippen LogP contribution in [-0.2, 0) is 4.79 Å². The fourth-order valence-electron chi connectivity index (χ4n) is 3.62. The van der Waals surface area contributed by atoms with Gasteiger partial charge < -0.3 is 10.6 Å². The Morgan fingerprint density at radius 3 is 2.42 bits per heavy atom. The molecule has 2 fully saturated rings. The third-order valence-electron chi connectivity index (χ3n) is 4.89. The number of nitrogens with zero attached hydrogens (tertiary/aromatic N) is 2. The Hall–Kier alpha value is -0.610. The van der Waals surface area contributed by atoms with Gasteiger partial charge in [0.25, 0.3) is 0 Å². The number of carbonyl (C=O) groups is 1. The van der Waals surface area contributed by atoms with E-state index in [4.69, 9.17) is 5.73 Å². The second kappa shape index (κ2) is 6.23. The lowest BCUT2D eigenvalue weighted by Crippen LogP contribution is -2.51. The first kappa shape index (κ1) is 14.8. The van der Waals surface area contributed by atoms with Crippen LogP contribution in [0.15, 0.2) is 0 Å². The van der Waals surface area contributed by atoms with Gasteiger partial charge in [-0.3, -0.25) is 9.69 Å². The molecule has 0 aliphatic carbocycles. The number of rotatable bonds is 3. The Morgan fingerprint density at radius 2 is 1.89 bits per heavy atom. The molecule has 19 heavy (non-hydrogen) atoms. The molecule has 0 aromatic rings. The van der Waals surface area contributed by atoms with Crippen LogP contribution in [0.4, 0.5) is 0 Å². The van der Waals surface area contributed by atoms with E-state index < -0.39 is 0 Å². The van der Waals surface area contributed by atoms with Gasteiger partial charge in [0.15, 0.2) is 0 Å². The lowest BCUT2D eigenvalue weighted by molar-refractivity contribution is -0.138. The summed E-state index contributed by atoms with van der Waals surface area (Å²) in [5.41, 5.74) is 5.96. The Morgan fingerprint density at radius 1 is 1.26 bits per heavy atom. The van der Waals surface area contributed by atoms with Gasteiger partial charge >= 0.3 is 0 Å². The summed E-state index contributed by atoms with van der Waals surface area (Å²) in [4.78, 5) is 16.9. The van der Waals surface area contributed by atoms with Crippen LogP contribution in [0.3, 0.4) is 0 Å². The van der Waals surface area contributed by atoms with Crippen molar-refractivity contribution in [2.24, 2.45) is 11.7 Å². The van der Waals surface area contributed by atoms with Crippen LogP contribution < -0.4 is 5.73 Å². The van der Waals surface area contributed by atoms with Crippen molar-refractivity contribution >= 4 is 5.91 Å². The molecule has 110 valence electrons. The summed E-state index contributed by atoms with van der Waals surface area (Å²) in [5, 5.41) is 0. The van der Waals surface area contributed by atoms with Gasteiger partial charge in [0.05, 0.1) is 6.54 Å². The number of carbonyl (C=O) groups excluding carboxylic acids is 1. The largest absolute Gasteiger partial charge is 0.336 e. The van der Waals surface area contributed by atoms with Crippen LogP contribution in [-0.4, -0.2) is 53.5 Å². The molecule has 4 atom stereocenters. The second-order valence-electron chi connectivity index (χ2n) is 6.57. The molecule has 0 radical (unpaired) electrons. The number of hydrogen-bond donors (Lipinski definition) is 1. The molecule has 2 heterocycles. The lowest BCUT2D eigenvalue weighted by atomic mass is 9.97. The van der Waals surface area contributed by atoms with Crippen LogP contribution in [0.1, 0.15) is 46.5 Å². The van der Waals surface area contributed by atoms with Gasteiger partial charge in [-0.25, -0.2) is 0 Å². The predicted molar refractivity (Wildman–Crippen MR) is 77.8 cm³/mol. The van der Waals surface area contributed by atoms with Crippen LogP contribution in [0.5, 0.6) is 0 Å². The molecule has 0 spiro atoms. The first-order valence-corrected chi connectivity index (χ1v) is 7.78. The highest BCUT2D eigenvalue weighted by Crippen LogP contribution is 2.24. The van der Waals surface area contributed by atoms with Gasteiger partial charge in [-0.1, -0.05) is 0 Å². The molecular formula is C15H29N3O. The van der Waals surface area contributed by atoms with Crippen molar-refractivity contribution in [2.75, 3.05) is 19.6 Å². The average molecular weight is 267 g/mol. The molecule has 2 saturated heterocycles. The maximum Gasteiger partial charge on any atom is 0.237 e. The van der Waals surface area contributed by atoms with Crippen LogP contribution in [0, 0.1) is 5.92 Å². The van der Waals surface area contributed by atoms with Crippen LogP contribution >= 0.6 is 0 Å². The van der Waals surface area contributed by atoms with E-state index in [0.29, 0.717) is 30.5 Å². The smallest absolute Gasteiger partial charge is 0.237 e. The fourth-order valence-corrected chi connectivity index (χ4v) is 3.62. The van der Waals surface area contributed by atoms with Crippen LogP contribution in [0.2, 0.25) is 0 Å². The molecule has 2 aliphatic rings. The molecule has 1 amide bonds. The van der Waals surface area contributed by atoms with Gasteiger partial charge in [-0.2, -0.15) is 0 Å². The van der Waals surface area contributed by atoms with E-state index in [0.717, 1.165) is 32.4 Å². The van der Waals surface area contributed by atoms with E-state index in [1.54, 1.807) is 0 Å². The number of amides is 1. The zero-order valence-corrected chi connectivity index (χ0v) is 12.6. The SMILES string of the molecule is CC(N)C1CCN(CC(=O)N2C(C)CCCC2C)C1. The normalized spacial score (nSPS) is 34.5. The third-order valence-corrected chi connectivity index (χ3v) is 4.89. The van der Waals surface area contributed by atoms with E-state index in [1.165, 1.54) is 6.42 Å². The second-order valence-corrected chi connectivity index (χ2v) is 6.57. The molecule has 0 aromatic carbocycles. The molecule has 0 aromatic heterocycles. The summed E-state index contributed by atoms with van der Waals surface area (Å²) in [6, 6.07) is 1.05. The highest BCUT2D eigenvalue weighted by atomic mass is 16.2. The summed E-state index contributed by atoms with van der Waals surface area (Å²) < 4.78 is 0. The van der Waals surface area contributed by atoms with Crippen molar-refractivity contribution in [2.45, 2.75) is 64.6 Å². The minimum Gasteiger partial charge on any atom is -0.336 e. The Kier molecular flexibility index (Phi) is 4.85. The molecule has 4 heteroatoms. The molecule has 4 unspecified atom stereocenters. The van der Waals surface area contributed by atoms with Gasteiger partial charge in [-0.05, 0) is 58.9 Å². The maximum atomic E-state index is 12.5. The fraction of sp³-hybridized carbons (Fsp3) is 0.933. The van der Waals surface area contributed by atoms with E-state index in [2.05, 4.69) is 30.6 Å². The van der Waals surface area contributed by atoms with Crippen molar-refractivity contribution in [3.63, 3.8) is 0 Å². The van der Waals surface area contributed by atoms with Gasteiger partial charge in [-0.15, -0.1) is 0 Å². The Labute approximate surface area is 117 Å². The highest BCUT2D eigenvalue weighted by Gasteiger charge is 2.32. The van der Waals surface area contributed by atoms with Crippen LogP contribution in [0.25, 0.3) is 0 Å². The maximum absolute atomic E-state index is 12.5. The van der Waals surface area contributed by atoms with Gasteiger partial charge in [0, 0.05) is 24.7 Å². The summed E-state index contributed by atoms with van der Waals surface area (Å²) in [7, 11) is 0. The predicted octanol–water partition coefficient (Wildman–Crippen LogP) is 1.45. The standard InChI is InChI=1S/C15H29N3O/c1-11-5-4-6-12(2)18(11)15(19)10-17-8-7-14(9-17)13(3)16/h11-14H,4-10,16H2,1-3H3. The Bertz CT molecular complexity index is 309. The average Bonchev–Trinajstić information content (AvgIpc) is 2.77. The molecule has 0 bridgehead atoms. The number of likely N-dealkylation sites (tertiary alicyclic amines) is 2. The van der Waals surface area contributed by atoms with Gasteiger partial charge in [0.2, 0.25) is 5.91 Å². The molecule has 2 aliphatic heterocycles. The van der Waals surface area contributed by atoms with Crippen molar-refractivity contribution < 1.29 is 4.79 Å². The van der Waals surface area contributed by atoms with Crippen molar-refractivity contribution in [3.8, 4) is 0 Å². The summed E-state index contributed by atoms with van der Waals surface area (Å²) in [6.07, 6.45) is 4.69. The molecule has 2 N–H and O–H groups in total. The number of hydrogen-bond acceptors (Lipinski definition) is 3. The first-order valence-electron chi connectivity index (χ1n) is 7.78. The highest BCUT2D eigenvalue weighted by molar-refractivity contribution is 5.79. The zero-order valence-electron chi connectivity index (χ0n) is 12.6. The Balaban J connectivity index is 1.87. The van der Waals surface area contributed by atoms with E-state index >= 15 is 0 Å². The molecule has 2 rings (SSSR count).